The van der Waals surface area contributed by atoms with Crippen molar-refractivity contribution in [2.75, 3.05) is 27.4 Å². The molecule has 0 bridgehead atoms. The Labute approximate surface area is 153 Å². The highest BCUT2D eigenvalue weighted by Crippen LogP contribution is 2.24. The summed E-state index contributed by atoms with van der Waals surface area (Å²) in [5, 5.41) is 2.77. The maximum atomic E-state index is 12.2. The summed E-state index contributed by atoms with van der Waals surface area (Å²) >= 11 is 0. The predicted octanol–water partition coefficient (Wildman–Crippen LogP) is 2.78. The molecule has 0 aliphatic heterocycles. The Bertz CT molecular complexity index is 745. The van der Waals surface area contributed by atoms with Gasteiger partial charge in [-0.2, -0.15) is 0 Å². The first kappa shape index (κ1) is 19.3. The van der Waals surface area contributed by atoms with E-state index in [1.807, 2.05) is 37.3 Å². The highest BCUT2D eigenvalue weighted by Gasteiger charge is 2.17. The molecule has 1 atom stereocenters. The zero-order chi connectivity index (χ0) is 18.9. The van der Waals surface area contributed by atoms with Crippen molar-refractivity contribution in [1.29, 1.82) is 0 Å². The van der Waals surface area contributed by atoms with Gasteiger partial charge in [0.25, 0.3) is 5.91 Å². The third-order valence-electron chi connectivity index (χ3n) is 3.93. The minimum absolute atomic E-state index is 0.161. The monoisotopic (exact) mass is 357 g/mol. The van der Waals surface area contributed by atoms with Gasteiger partial charge in [-0.25, -0.2) is 4.79 Å². The molecule has 0 spiro atoms. The van der Waals surface area contributed by atoms with Gasteiger partial charge in [0.15, 0.2) is 6.61 Å². The van der Waals surface area contributed by atoms with Gasteiger partial charge in [-0.05, 0) is 29.7 Å². The van der Waals surface area contributed by atoms with E-state index in [4.69, 9.17) is 14.2 Å². The topological polar surface area (TPSA) is 73.9 Å². The number of esters is 1. The maximum Gasteiger partial charge on any atom is 0.342 e. The molecule has 2 rings (SSSR count). The summed E-state index contributed by atoms with van der Waals surface area (Å²) in [4.78, 5) is 24.2. The normalized spacial score (nSPS) is 11.3. The molecule has 0 unspecified atom stereocenters. The van der Waals surface area contributed by atoms with Gasteiger partial charge in [0, 0.05) is 6.54 Å². The first-order valence-electron chi connectivity index (χ1n) is 8.26. The van der Waals surface area contributed by atoms with Gasteiger partial charge in [-0.3, -0.25) is 4.79 Å². The summed E-state index contributed by atoms with van der Waals surface area (Å²) in [5.74, 6) is 0.0112. The Morgan fingerprint density at radius 3 is 2.42 bits per heavy atom. The molecule has 6 heteroatoms. The van der Waals surface area contributed by atoms with E-state index in [0.29, 0.717) is 18.0 Å². The second-order valence-corrected chi connectivity index (χ2v) is 5.76. The quantitative estimate of drug-likeness (QED) is 0.736. The van der Waals surface area contributed by atoms with Crippen LogP contribution in [0.5, 0.6) is 11.5 Å². The Kier molecular flexibility index (Phi) is 7.02. The molecule has 0 saturated heterocycles. The fourth-order valence-corrected chi connectivity index (χ4v) is 2.40. The molecule has 0 aliphatic carbocycles. The van der Waals surface area contributed by atoms with Gasteiger partial charge in [0.05, 0.1) is 14.2 Å². The van der Waals surface area contributed by atoms with E-state index in [9.17, 15) is 9.59 Å². The number of hydrogen-bond donors (Lipinski definition) is 1. The molecule has 2 aromatic carbocycles. The Balaban J connectivity index is 1.86. The molecule has 2 aromatic rings. The van der Waals surface area contributed by atoms with Crippen LogP contribution in [0.4, 0.5) is 0 Å². The van der Waals surface area contributed by atoms with Crippen molar-refractivity contribution in [3.63, 3.8) is 0 Å². The van der Waals surface area contributed by atoms with E-state index >= 15 is 0 Å². The average molecular weight is 357 g/mol. The summed E-state index contributed by atoms with van der Waals surface area (Å²) in [7, 11) is 2.95. The lowest BCUT2D eigenvalue weighted by atomic mass is 10.0. The van der Waals surface area contributed by atoms with Crippen molar-refractivity contribution in [2.45, 2.75) is 12.8 Å². The third-order valence-corrected chi connectivity index (χ3v) is 3.93. The minimum Gasteiger partial charge on any atom is -0.497 e. The molecule has 26 heavy (non-hydrogen) atoms. The van der Waals surface area contributed by atoms with Gasteiger partial charge in [0.1, 0.15) is 17.1 Å². The number of carbonyl (C=O) groups excluding carboxylic acids is 2. The Morgan fingerprint density at radius 2 is 1.77 bits per heavy atom. The van der Waals surface area contributed by atoms with Crippen LogP contribution in [0.25, 0.3) is 0 Å². The van der Waals surface area contributed by atoms with E-state index in [0.717, 1.165) is 5.56 Å². The lowest BCUT2D eigenvalue weighted by Crippen LogP contribution is -2.31. The van der Waals surface area contributed by atoms with E-state index in [-0.39, 0.29) is 24.0 Å². The second kappa shape index (κ2) is 9.46. The average Bonchev–Trinajstić information content (AvgIpc) is 2.70. The van der Waals surface area contributed by atoms with Gasteiger partial charge < -0.3 is 19.5 Å². The van der Waals surface area contributed by atoms with Crippen LogP contribution in [0.2, 0.25) is 0 Å². The highest BCUT2D eigenvalue weighted by molar-refractivity contribution is 5.94. The Morgan fingerprint density at radius 1 is 1.04 bits per heavy atom. The maximum absolute atomic E-state index is 12.2. The van der Waals surface area contributed by atoms with Crippen molar-refractivity contribution in [1.82, 2.24) is 5.32 Å². The molecule has 0 heterocycles. The molecule has 0 aliphatic rings. The fourth-order valence-electron chi connectivity index (χ4n) is 2.40. The smallest absolute Gasteiger partial charge is 0.342 e. The van der Waals surface area contributed by atoms with Crippen LogP contribution in [-0.4, -0.2) is 39.2 Å². The summed E-state index contributed by atoms with van der Waals surface area (Å²) in [6, 6.07) is 14.7. The van der Waals surface area contributed by atoms with Crippen LogP contribution in [0.15, 0.2) is 48.5 Å². The third kappa shape index (κ3) is 5.24. The van der Waals surface area contributed by atoms with Crippen LogP contribution >= 0.6 is 0 Å². The summed E-state index contributed by atoms with van der Waals surface area (Å²) in [6.45, 7) is 2.12. The minimum atomic E-state index is -0.646. The van der Waals surface area contributed by atoms with Gasteiger partial charge in [0.2, 0.25) is 0 Å². The van der Waals surface area contributed by atoms with Crippen LogP contribution in [0.1, 0.15) is 28.8 Å². The number of hydrogen-bond acceptors (Lipinski definition) is 5. The van der Waals surface area contributed by atoms with E-state index in [1.165, 1.54) is 20.3 Å². The SMILES string of the molecule is COc1ccc(OC)c(C(=O)OCC(=O)NC[C@@H](C)c2ccccc2)c1. The number of ether oxygens (including phenoxy) is 3. The molecule has 1 amide bonds. The number of carbonyl (C=O) groups is 2. The van der Waals surface area contributed by atoms with Crippen molar-refractivity contribution in [2.24, 2.45) is 0 Å². The Hall–Kier alpha value is -3.02. The lowest BCUT2D eigenvalue weighted by molar-refractivity contribution is -0.124. The molecule has 0 fully saturated rings. The van der Waals surface area contributed by atoms with Gasteiger partial charge in [-0.1, -0.05) is 37.3 Å². The van der Waals surface area contributed by atoms with Crippen LogP contribution in [0, 0.1) is 0 Å². The summed E-state index contributed by atoms with van der Waals surface area (Å²) in [6.07, 6.45) is 0. The molecule has 0 aromatic heterocycles. The molecule has 1 N–H and O–H groups in total. The molecule has 0 saturated carbocycles. The first-order chi connectivity index (χ1) is 12.5. The van der Waals surface area contributed by atoms with Crippen molar-refractivity contribution < 1.29 is 23.8 Å². The fraction of sp³-hybridized carbons (Fsp3) is 0.300. The summed E-state index contributed by atoms with van der Waals surface area (Å²) < 4.78 is 15.3. The molecular formula is C20H23NO5. The van der Waals surface area contributed by atoms with E-state index in [2.05, 4.69) is 5.32 Å². The number of methoxy groups -OCH3 is 2. The van der Waals surface area contributed by atoms with E-state index < -0.39 is 5.97 Å². The molecular weight excluding hydrogens is 334 g/mol. The molecule has 138 valence electrons. The van der Waals surface area contributed by atoms with E-state index in [1.54, 1.807) is 12.1 Å². The standard InChI is InChI=1S/C20H23NO5/c1-14(15-7-5-4-6-8-15)12-21-19(22)13-26-20(23)17-11-16(24-2)9-10-18(17)25-3/h4-11,14H,12-13H2,1-3H3,(H,21,22)/t14-/m1/s1. The molecule has 0 radical (unpaired) electrons. The predicted molar refractivity (Wildman–Crippen MR) is 97.7 cm³/mol. The largest absolute Gasteiger partial charge is 0.497 e. The molecule has 6 nitrogen and oxygen atoms in total. The van der Waals surface area contributed by atoms with Gasteiger partial charge >= 0.3 is 5.97 Å². The number of rotatable bonds is 8. The van der Waals surface area contributed by atoms with Crippen LogP contribution in [-0.2, 0) is 9.53 Å². The van der Waals surface area contributed by atoms with Crippen molar-refractivity contribution >= 4 is 11.9 Å². The number of benzene rings is 2. The lowest BCUT2D eigenvalue weighted by Gasteiger charge is -2.13. The second-order valence-electron chi connectivity index (χ2n) is 5.76. The number of amides is 1. The first-order valence-corrected chi connectivity index (χ1v) is 8.26. The number of nitrogens with one attached hydrogen (secondary N) is 1. The van der Waals surface area contributed by atoms with Crippen LogP contribution < -0.4 is 14.8 Å². The zero-order valence-corrected chi connectivity index (χ0v) is 15.2. The highest BCUT2D eigenvalue weighted by atomic mass is 16.5. The van der Waals surface area contributed by atoms with Crippen molar-refractivity contribution in [3.8, 4) is 11.5 Å². The van der Waals surface area contributed by atoms with Crippen LogP contribution in [0.3, 0.4) is 0 Å². The summed E-state index contributed by atoms with van der Waals surface area (Å²) in [5.41, 5.74) is 1.34. The zero-order valence-electron chi connectivity index (χ0n) is 15.2. The van der Waals surface area contributed by atoms with Crippen molar-refractivity contribution in [3.05, 3.63) is 59.7 Å². The van der Waals surface area contributed by atoms with Gasteiger partial charge in [-0.15, -0.1) is 0 Å².